The van der Waals surface area contributed by atoms with Gasteiger partial charge in [0.2, 0.25) is 10.0 Å². The second kappa shape index (κ2) is 8.61. The molecule has 2 N–H and O–H groups in total. The van der Waals surface area contributed by atoms with Gasteiger partial charge in [-0.15, -0.1) is 0 Å². The van der Waals surface area contributed by atoms with Crippen LogP contribution in [0.4, 0.5) is 0 Å². The van der Waals surface area contributed by atoms with Crippen molar-refractivity contribution in [3.05, 3.63) is 66.0 Å². The first kappa shape index (κ1) is 20.0. The summed E-state index contributed by atoms with van der Waals surface area (Å²) in [5, 5.41) is 6.11. The van der Waals surface area contributed by atoms with Gasteiger partial charge in [-0.3, -0.25) is 4.57 Å². The molecule has 3 aromatic rings. The molecule has 1 heterocycles. The smallest absolute Gasteiger partial charge is 0.238 e. The quantitative estimate of drug-likeness (QED) is 0.458. The largest absolute Gasteiger partial charge is 0.493 e. The number of sulfonamides is 1. The number of imidazole rings is 1. The summed E-state index contributed by atoms with van der Waals surface area (Å²) in [5.41, 5.74) is 3.68. The Balaban J connectivity index is 1.43. The Bertz CT molecular complexity index is 1080. The molecular weight excluding hydrogens is 406 g/mol. The van der Waals surface area contributed by atoms with Crippen LogP contribution in [0.3, 0.4) is 0 Å². The zero-order valence-corrected chi connectivity index (χ0v) is 17.6. The average molecular weight is 430 g/mol. The number of ether oxygens (including phenoxy) is 1. The Labute approximate surface area is 175 Å². The zero-order valence-electron chi connectivity index (χ0n) is 16.0. The first-order valence-electron chi connectivity index (χ1n) is 9.57. The highest BCUT2D eigenvalue weighted by molar-refractivity contribution is 7.99. The summed E-state index contributed by atoms with van der Waals surface area (Å²) in [7, 11) is -3.68. The maximum absolute atomic E-state index is 11.3. The van der Waals surface area contributed by atoms with Crippen LogP contribution in [0.25, 0.3) is 5.69 Å². The number of nitrogens with zero attached hydrogens (tertiary/aromatic N) is 2. The average Bonchev–Trinajstić information content (AvgIpc) is 3.10. The Morgan fingerprint density at radius 3 is 2.48 bits per heavy atom. The van der Waals surface area contributed by atoms with Gasteiger partial charge in [0.05, 0.1) is 17.2 Å². The normalized spacial score (nSPS) is 13.8. The minimum absolute atomic E-state index is 0.0784. The van der Waals surface area contributed by atoms with Crippen molar-refractivity contribution in [3.63, 3.8) is 0 Å². The Hall–Kier alpha value is -2.29. The SMILES string of the molecule is NS(=O)(=O)c1ccc(OCCSc2nc3c(n2-c2ccccc2)CCCC3)cc1. The number of nitrogens with two attached hydrogens (primary N) is 1. The molecule has 0 saturated carbocycles. The summed E-state index contributed by atoms with van der Waals surface area (Å²) in [6, 6.07) is 16.5. The molecule has 0 saturated heterocycles. The van der Waals surface area contributed by atoms with E-state index in [1.807, 2.05) is 18.2 Å². The lowest BCUT2D eigenvalue weighted by atomic mass is 10.0. The third-order valence-electron chi connectivity index (χ3n) is 4.85. The van der Waals surface area contributed by atoms with E-state index in [2.05, 4.69) is 16.7 Å². The summed E-state index contributed by atoms with van der Waals surface area (Å²) >= 11 is 1.67. The minimum atomic E-state index is -3.68. The number of aryl methyl sites for hydroxylation is 1. The van der Waals surface area contributed by atoms with E-state index in [1.165, 1.54) is 36.4 Å². The van der Waals surface area contributed by atoms with Crippen molar-refractivity contribution in [2.45, 2.75) is 35.7 Å². The van der Waals surface area contributed by atoms with Crippen LogP contribution in [0.15, 0.2) is 64.6 Å². The van der Waals surface area contributed by atoms with E-state index in [0.29, 0.717) is 12.4 Å². The third kappa shape index (κ3) is 4.66. The molecular formula is C21H23N3O3S2. The number of hydrogen-bond donors (Lipinski definition) is 1. The van der Waals surface area contributed by atoms with Crippen molar-refractivity contribution >= 4 is 21.8 Å². The first-order chi connectivity index (χ1) is 14.0. The van der Waals surface area contributed by atoms with Gasteiger partial charge in [0, 0.05) is 17.1 Å². The lowest BCUT2D eigenvalue weighted by Crippen LogP contribution is -2.11. The molecule has 29 heavy (non-hydrogen) atoms. The molecule has 2 aromatic carbocycles. The Kier molecular flexibility index (Phi) is 5.94. The molecule has 0 amide bonds. The van der Waals surface area contributed by atoms with Crippen LogP contribution < -0.4 is 9.88 Å². The van der Waals surface area contributed by atoms with Gasteiger partial charge in [0.1, 0.15) is 5.75 Å². The number of para-hydroxylation sites is 1. The van der Waals surface area contributed by atoms with E-state index in [4.69, 9.17) is 14.9 Å². The highest BCUT2D eigenvalue weighted by Crippen LogP contribution is 2.30. The summed E-state index contributed by atoms with van der Waals surface area (Å²) in [6.07, 6.45) is 4.49. The van der Waals surface area contributed by atoms with E-state index in [9.17, 15) is 8.42 Å². The number of rotatable bonds is 7. The van der Waals surface area contributed by atoms with Gasteiger partial charge in [0.25, 0.3) is 0 Å². The van der Waals surface area contributed by atoms with E-state index in [0.717, 1.165) is 29.4 Å². The van der Waals surface area contributed by atoms with Gasteiger partial charge in [0.15, 0.2) is 5.16 Å². The van der Waals surface area contributed by atoms with Crippen molar-refractivity contribution in [2.24, 2.45) is 5.14 Å². The molecule has 1 aromatic heterocycles. The summed E-state index contributed by atoms with van der Waals surface area (Å²) in [4.78, 5) is 4.98. The van der Waals surface area contributed by atoms with Gasteiger partial charge in [-0.05, 0) is 62.1 Å². The van der Waals surface area contributed by atoms with Gasteiger partial charge in [-0.1, -0.05) is 30.0 Å². The topological polar surface area (TPSA) is 87.2 Å². The fraction of sp³-hybridized carbons (Fsp3) is 0.286. The predicted molar refractivity (Wildman–Crippen MR) is 114 cm³/mol. The standard InChI is InChI=1S/C21H23N3O3S2/c22-29(25,26)18-12-10-17(11-13-18)27-14-15-28-21-23-19-8-4-5-9-20(19)24(21)16-6-2-1-3-7-16/h1-3,6-7,10-13H,4-5,8-9,14-15H2,(H2,22,25,26). The van der Waals surface area contributed by atoms with E-state index < -0.39 is 10.0 Å². The van der Waals surface area contributed by atoms with Gasteiger partial charge < -0.3 is 4.74 Å². The highest BCUT2D eigenvalue weighted by atomic mass is 32.2. The van der Waals surface area contributed by atoms with Crippen LogP contribution in [0.2, 0.25) is 0 Å². The highest BCUT2D eigenvalue weighted by Gasteiger charge is 2.21. The number of hydrogen-bond acceptors (Lipinski definition) is 5. The lowest BCUT2D eigenvalue weighted by Gasteiger charge is -2.15. The van der Waals surface area contributed by atoms with Crippen LogP contribution in [0.1, 0.15) is 24.2 Å². The molecule has 8 heteroatoms. The van der Waals surface area contributed by atoms with Crippen molar-refractivity contribution in [3.8, 4) is 11.4 Å². The fourth-order valence-electron chi connectivity index (χ4n) is 3.47. The van der Waals surface area contributed by atoms with Crippen molar-refractivity contribution < 1.29 is 13.2 Å². The van der Waals surface area contributed by atoms with Crippen molar-refractivity contribution in [1.29, 1.82) is 0 Å². The molecule has 0 unspecified atom stereocenters. The summed E-state index contributed by atoms with van der Waals surface area (Å²) in [6.45, 7) is 0.492. The lowest BCUT2D eigenvalue weighted by molar-refractivity contribution is 0.343. The molecule has 152 valence electrons. The van der Waals surface area contributed by atoms with E-state index in [-0.39, 0.29) is 4.90 Å². The Morgan fingerprint density at radius 1 is 1.03 bits per heavy atom. The molecule has 0 bridgehead atoms. The number of aromatic nitrogens is 2. The molecule has 1 aliphatic carbocycles. The summed E-state index contributed by atoms with van der Waals surface area (Å²) < 4.78 is 30.7. The van der Waals surface area contributed by atoms with Crippen LogP contribution in [-0.2, 0) is 22.9 Å². The minimum Gasteiger partial charge on any atom is -0.493 e. The van der Waals surface area contributed by atoms with Gasteiger partial charge in [-0.25, -0.2) is 18.5 Å². The molecule has 4 rings (SSSR count). The van der Waals surface area contributed by atoms with Crippen LogP contribution in [0, 0.1) is 0 Å². The molecule has 0 atom stereocenters. The second-order valence-electron chi connectivity index (χ2n) is 6.88. The second-order valence-corrected chi connectivity index (χ2v) is 9.50. The predicted octanol–water partition coefficient (Wildman–Crippen LogP) is 3.57. The molecule has 0 radical (unpaired) electrons. The maximum Gasteiger partial charge on any atom is 0.238 e. The van der Waals surface area contributed by atoms with Crippen molar-refractivity contribution in [1.82, 2.24) is 9.55 Å². The number of benzene rings is 2. The van der Waals surface area contributed by atoms with E-state index in [1.54, 1.807) is 23.9 Å². The number of fused-ring (bicyclic) bond motifs is 1. The molecule has 6 nitrogen and oxygen atoms in total. The first-order valence-corrected chi connectivity index (χ1v) is 12.1. The van der Waals surface area contributed by atoms with E-state index >= 15 is 0 Å². The zero-order chi connectivity index (χ0) is 20.3. The van der Waals surface area contributed by atoms with Crippen LogP contribution in [-0.4, -0.2) is 30.3 Å². The Morgan fingerprint density at radius 2 is 1.76 bits per heavy atom. The molecule has 0 fully saturated rings. The van der Waals surface area contributed by atoms with Crippen LogP contribution in [0.5, 0.6) is 5.75 Å². The number of primary sulfonamides is 1. The van der Waals surface area contributed by atoms with Crippen molar-refractivity contribution in [2.75, 3.05) is 12.4 Å². The molecule has 0 spiro atoms. The third-order valence-corrected chi connectivity index (χ3v) is 6.68. The van der Waals surface area contributed by atoms with Crippen LogP contribution >= 0.6 is 11.8 Å². The van der Waals surface area contributed by atoms with Gasteiger partial charge in [-0.2, -0.15) is 0 Å². The monoisotopic (exact) mass is 429 g/mol. The fourth-order valence-corrected chi connectivity index (χ4v) is 4.86. The number of thioether (sulfide) groups is 1. The maximum atomic E-state index is 11.3. The summed E-state index contributed by atoms with van der Waals surface area (Å²) in [5.74, 6) is 1.35. The molecule has 0 aliphatic heterocycles. The molecule has 1 aliphatic rings. The van der Waals surface area contributed by atoms with Gasteiger partial charge >= 0.3 is 0 Å².